The van der Waals surface area contributed by atoms with Crippen LogP contribution in [0.2, 0.25) is 0 Å². The Hall–Kier alpha value is -2.00. The summed E-state index contributed by atoms with van der Waals surface area (Å²) in [6.07, 6.45) is 6.23. The molecule has 136 valence electrons. The van der Waals surface area contributed by atoms with Gasteiger partial charge in [-0.3, -0.25) is 4.79 Å². The van der Waals surface area contributed by atoms with Gasteiger partial charge in [0.1, 0.15) is 6.07 Å². The minimum atomic E-state index is -1.31. The van der Waals surface area contributed by atoms with E-state index in [1.165, 1.54) is 0 Å². The number of halogens is 2. The summed E-state index contributed by atoms with van der Waals surface area (Å²) in [5, 5.41) is 8.66. The van der Waals surface area contributed by atoms with Crippen molar-refractivity contribution in [2.75, 3.05) is 6.61 Å². The Balaban J connectivity index is 1.83. The van der Waals surface area contributed by atoms with E-state index in [9.17, 15) is 13.6 Å². The first-order valence-electron chi connectivity index (χ1n) is 8.78. The zero-order valence-corrected chi connectivity index (χ0v) is 14.4. The monoisotopic (exact) mass is 351 g/mol. The van der Waals surface area contributed by atoms with Gasteiger partial charge in [-0.15, -0.1) is 0 Å². The van der Waals surface area contributed by atoms with Crippen LogP contribution in [0.1, 0.15) is 57.4 Å². The lowest BCUT2D eigenvalue weighted by molar-refractivity contribution is -0.141. The molecule has 0 spiro atoms. The number of nitrogens with zero attached hydrogens (tertiary/aromatic N) is 1. The highest BCUT2D eigenvalue weighted by atomic mass is 19.2. The van der Waals surface area contributed by atoms with Crippen LogP contribution in [-0.4, -0.2) is 18.7 Å². The molecule has 2 rings (SSSR count). The molecule has 1 aliphatic carbocycles. The van der Waals surface area contributed by atoms with Gasteiger partial charge in [0.25, 0.3) is 0 Å². The van der Waals surface area contributed by atoms with E-state index in [1.54, 1.807) is 6.07 Å². The number of unbranched alkanes of at least 4 members (excludes halogenated alkanes) is 2. The van der Waals surface area contributed by atoms with Crippen LogP contribution in [0.25, 0.3) is 0 Å². The number of carbonyl (C=O) groups is 1. The van der Waals surface area contributed by atoms with Crippen LogP contribution in [-0.2, 0) is 9.53 Å². The highest BCUT2D eigenvalue weighted by molar-refractivity contribution is 5.75. The molecule has 0 atom stereocenters. The highest BCUT2D eigenvalue weighted by Gasteiger charge is 2.29. The average molecular weight is 351 g/mol. The van der Waals surface area contributed by atoms with E-state index in [0.717, 1.165) is 50.8 Å². The molecule has 1 aromatic rings. The minimum absolute atomic E-state index is 0.157. The standard InChI is InChI=1S/C19H23F2NO3/c1-2-3-4-11-24-15-8-5-13(6-9-15)19(23)25-16-10-7-14(12-22)17(20)18(16)21/h7,10,13,15H,2-6,8-9,11H2,1H3/t13-,15-. The molecule has 1 aliphatic rings. The van der Waals surface area contributed by atoms with Crippen molar-refractivity contribution < 1.29 is 23.0 Å². The summed E-state index contributed by atoms with van der Waals surface area (Å²) in [6, 6.07) is 3.75. The summed E-state index contributed by atoms with van der Waals surface area (Å²) in [6.45, 7) is 2.88. The van der Waals surface area contributed by atoms with Crippen LogP contribution >= 0.6 is 0 Å². The van der Waals surface area contributed by atoms with Crippen LogP contribution in [0.4, 0.5) is 8.78 Å². The van der Waals surface area contributed by atoms with Crippen LogP contribution in [0.3, 0.4) is 0 Å². The Kier molecular flexibility index (Phi) is 7.32. The quantitative estimate of drug-likeness (QED) is 0.412. The number of rotatable bonds is 7. The van der Waals surface area contributed by atoms with E-state index in [-0.39, 0.29) is 12.0 Å². The van der Waals surface area contributed by atoms with E-state index >= 15 is 0 Å². The highest BCUT2D eigenvalue weighted by Crippen LogP contribution is 2.29. The van der Waals surface area contributed by atoms with Crippen molar-refractivity contribution in [1.82, 2.24) is 0 Å². The van der Waals surface area contributed by atoms with E-state index in [4.69, 9.17) is 14.7 Å². The summed E-state index contributed by atoms with van der Waals surface area (Å²) in [7, 11) is 0. The molecular weight excluding hydrogens is 328 g/mol. The number of nitriles is 1. The molecule has 0 radical (unpaired) electrons. The largest absolute Gasteiger partial charge is 0.423 e. The zero-order chi connectivity index (χ0) is 18.2. The zero-order valence-electron chi connectivity index (χ0n) is 14.4. The number of benzene rings is 1. The third-order valence-corrected chi connectivity index (χ3v) is 4.49. The van der Waals surface area contributed by atoms with Crippen LogP contribution in [0, 0.1) is 28.9 Å². The van der Waals surface area contributed by atoms with Gasteiger partial charge >= 0.3 is 5.97 Å². The second-order valence-electron chi connectivity index (χ2n) is 6.32. The second-order valence-corrected chi connectivity index (χ2v) is 6.32. The SMILES string of the molecule is CCCCCO[C@H]1CC[C@H](C(=O)Oc2ccc(C#N)c(F)c2F)CC1. The Bertz CT molecular complexity index is 634. The number of hydrogen-bond acceptors (Lipinski definition) is 4. The molecule has 1 saturated carbocycles. The Morgan fingerprint density at radius 1 is 1.20 bits per heavy atom. The topological polar surface area (TPSA) is 59.3 Å². The predicted molar refractivity (Wildman–Crippen MR) is 87.9 cm³/mol. The Morgan fingerprint density at radius 2 is 1.92 bits per heavy atom. The molecule has 0 N–H and O–H groups in total. The molecule has 25 heavy (non-hydrogen) atoms. The summed E-state index contributed by atoms with van der Waals surface area (Å²) < 4.78 is 38.2. The number of ether oxygens (including phenoxy) is 2. The molecule has 0 unspecified atom stereocenters. The van der Waals surface area contributed by atoms with Gasteiger partial charge in [-0.1, -0.05) is 19.8 Å². The molecule has 0 heterocycles. The van der Waals surface area contributed by atoms with Crippen LogP contribution < -0.4 is 4.74 Å². The van der Waals surface area contributed by atoms with Crippen molar-refractivity contribution in [2.45, 2.75) is 58.0 Å². The maximum absolute atomic E-state index is 13.8. The summed E-state index contributed by atoms with van der Waals surface area (Å²) in [4.78, 5) is 12.2. The number of esters is 1. The average Bonchev–Trinajstić information content (AvgIpc) is 2.63. The third kappa shape index (κ3) is 5.23. The van der Waals surface area contributed by atoms with Crippen molar-refractivity contribution in [1.29, 1.82) is 5.26 Å². The molecule has 4 nitrogen and oxygen atoms in total. The first-order valence-corrected chi connectivity index (χ1v) is 8.78. The van der Waals surface area contributed by atoms with E-state index < -0.39 is 28.9 Å². The van der Waals surface area contributed by atoms with Crippen molar-refractivity contribution >= 4 is 5.97 Å². The Labute approximate surface area is 146 Å². The molecule has 0 amide bonds. The van der Waals surface area contributed by atoms with Gasteiger partial charge in [-0.05, 0) is 44.2 Å². The maximum Gasteiger partial charge on any atom is 0.314 e. The summed E-state index contributed by atoms with van der Waals surface area (Å²) in [5.74, 6) is -3.97. The molecule has 0 aliphatic heterocycles. The molecular formula is C19H23F2NO3. The molecule has 6 heteroatoms. The van der Waals surface area contributed by atoms with Gasteiger partial charge < -0.3 is 9.47 Å². The molecule has 1 fully saturated rings. The third-order valence-electron chi connectivity index (χ3n) is 4.49. The lowest BCUT2D eigenvalue weighted by Gasteiger charge is -2.27. The normalized spacial score (nSPS) is 20.1. The van der Waals surface area contributed by atoms with E-state index in [0.29, 0.717) is 12.8 Å². The van der Waals surface area contributed by atoms with E-state index in [2.05, 4.69) is 6.92 Å². The molecule has 0 bridgehead atoms. The predicted octanol–water partition coefficient (Wildman–Crippen LogP) is 4.51. The summed E-state index contributed by atoms with van der Waals surface area (Å²) >= 11 is 0. The lowest BCUT2D eigenvalue weighted by atomic mass is 9.87. The fourth-order valence-corrected chi connectivity index (χ4v) is 2.96. The lowest BCUT2D eigenvalue weighted by Crippen LogP contribution is -2.29. The van der Waals surface area contributed by atoms with Crippen molar-refractivity contribution in [3.63, 3.8) is 0 Å². The first kappa shape index (κ1) is 19.3. The minimum Gasteiger partial charge on any atom is -0.423 e. The second kappa shape index (κ2) is 9.47. The van der Waals surface area contributed by atoms with Gasteiger partial charge in [-0.25, -0.2) is 4.39 Å². The fraction of sp³-hybridized carbons (Fsp3) is 0.579. The van der Waals surface area contributed by atoms with Gasteiger partial charge in [0.2, 0.25) is 5.82 Å². The molecule has 1 aromatic carbocycles. The molecule has 0 saturated heterocycles. The smallest absolute Gasteiger partial charge is 0.314 e. The van der Waals surface area contributed by atoms with Crippen molar-refractivity contribution in [2.24, 2.45) is 5.92 Å². The maximum atomic E-state index is 13.8. The summed E-state index contributed by atoms with van der Waals surface area (Å²) in [5.41, 5.74) is -0.418. The van der Waals surface area contributed by atoms with Crippen molar-refractivity contribution in [3.05, 3.63) is 29.3 Å². The molecule has 0 aromatic heterocycles. The van der Waals surface area contributed by atoms with Crippen LogP contribution in [0.5, 0.6) is 5.75 Å². The van der Waals surface area contributed by atoms with Crippen LogP contribution in [0.15, 0.2) is 12.1 Å². The van der Waals surface area contributed by atoms with Crippen molar-refractivity contribution in [3.8, 4) is 11.8 Å². The van der Waals surface area contributed by atoms with Gasteiger partial charge in [0, 0.05) is 6.61 Å². The number of carbonyl (C=O) groups excluding carboxylic acids is 1. The van der Waals surface area contributed by atoms with Gasteiger partial charge in [0.05, 0.1) is 17.6 Å². The van der Waals surface area contributed by atoms with E-state index in [1.807, 2.05) is 0 Å². The Morgan fingerprint density at radius 3 is 2.56 bits per heavy atom. The van der Waals surface area contributed by atoms with Gasteiger partial charge in [-0.2, -0.15) is 9.65 Å². The van der Waals surface area contributed by atoms with Gasteiger partial charge in [0.15, 0.2) is 11.6 Å². The fourth-order valence-electron chi connectivity index (χ4n) is 2.96. The first-order chi connectivity index (χ1) is 12.1. The number of hydrogen-bond donors (Lipinski definition) is 0.